The van der Waals surface area contributed by atoms with Crippen LogP contribution in [0.5, 0.6) is 0 Å². The van der Waals surface area contributed by atoms with Gasteiger partial charge in [0.05, 0.1) is 0 Å². The van der Waals surface area contributed by atoms with E-state index in [9.17, 15) is 4.79 Å². The number of hydrogen-bond donors (Lipinski definition) is 2. The van der Waals surface area contributed by atoms with Crippen LogP contribution in [-0.2, 0) is 25.9 Å². The normalized spacial score (nSPS) is 20.0. The molecule has 0 saturated heterocycles. The Morgan fingerprint density at radius 1 is 1.35 bits per heavy atom. The monoisotopic (exact) mass is 349 g/mol. The molecule has 6 nitrogen and oxygen atoms in total. The number of H-pyrrole nitrogens is 1. The third-order valence-electron chi connectivity index (χ3n) is 5.71. The molecule has 2 aliphatic heterocycles. The molecule has 0 radical (unpaired) electrons. The van der Waals surface area contributed by atoms with Gasteiger partial charge >= 0.3 is 0 Å². The highest BCUT2D eigenvalue weighted by Gasteiger charge is 2.23. The fourth-order valence-electron chi connectivity index (χ4n) is 4.23. The summed E-state index contributed by atoms with van der Waals surface area (Å²) in [6.45, 7) is 2.92. The number of carbonyl (C=O) groups is 1. The molecule has 0 saturated carbocycles. The molecule has 1 amide bonds. The average molecular weight is 349 g/mol. The Hall–Kier alpha value is -2.60. The van der Waals surface area contributed by atoms with Crippen LogP contribution in [0.2, 0.25) is 0 Å². The molecule has 26 heavy (non-hydrogen) atoms. The van der Waals surface area contributed by atoms with Crippen LogP contribution in [0.1, 0.15) is 33.9 Å². The number of benzene rings is 1. The lowest BCUT2D eigenvalue weighted by Crippen LogP contribution is -2.40. The Labute approximate surface area is 152 Å². The van der Waals surface area contributed by atoms with E-state index in [1.807, 2.05) is 30.6 Å². The number of nitrogens with zero attached hydrogens (tertiary/aromatic N) is 3. The number of aryl methyl sites for hydroxylation is 1. The number of rotatable bonds is 2. The number of aromatic amines is 1. The van der Waals surface area contributed by atoms with Gasteiger partial charge < -0.3 is 19.8 Å². The van der Waals surface area contributed by atoms with Gasteiger partial charge in [-0.3, -0.25) is 4.79 Å². The highest BCUT2D eigenvalue weighted by atomic mass is 16.1. The number of amides is 1. The molecule has 1 unspecified atom stereocenters. The molecule has 0 bridgehead atoms. The van der Waals surface area contributed by atoms with Crippen molar-refractivity contribution >= 4 is 16.8 Å². The van der Waals surface area contributed by atoms with E-state index in [2.05, 4.69) is 31.8 Å². The first-order valence-corrected chi connectivity index (χ1v) is 9.30. The summed E-state index contributed by atoms with van der Waals surface area (Å²) < 4.78 is 2.16. The highest BCUT2D eigenvalue weighted by molar-refractivity contribution is 5.99. The van der Waals surface area contributed by atoms with Crippen molar-refractivity contribution in [2.24, 2.45) is 0 Å². The zero-order valence-electron chi connectivity index (χ0n) is 15.0. The molecule has 0 aliphatic carbocycles. The van der Waals surface area contributed by atoms with Gasteiger partial charge in [0.2, 0.25) is 0 Å². The van der Waals surface area contributed by atoms with Crippen molar-refractivity contribution in [3.05, 3.63) is 53.2 Å². The lowest BCUT2D eigenvalue weighted by Gasteiger charge is -2.24. The van der Waals surface area contributed by atoms with Crippen molar-refractivity contribution in [3.8, 4) is 0 Å². The second kappa shape index (κ2) is 5.99. The lowest BCUT2D eigenvalue weighted by atomic mass is 10.0. The van der Waals surface area contributed by atoms with E-state index in [1.54, 1.807) is 0 Å². The highest BCUT2D eigenvalue weighted by Crippen LogP contribution is 2.28. The molecule has 1 atom stereocenters. The van der Waals surface area contributed by atoms with Crippen LogP contribution in [0.15, 0.2) is 30.6 Å². The quantitative estimate of drug-likeness (QED) is 0.745. The van der Waals surface area contributed by atoms with Gasteiger partial charge in [-0.15, -0.1) is 0 Å². The van der Waals surface area contributed by atoms with Gasteiger partial charge in [-0.05, 0) is 37.2 Å². The van der Waals surface area contributed by atoms with Crippen LogP contribution in [0.3, 0.4) is 0 Å². The van der Waals surface area contributed by atoms with Gasteiger partial charge in [-0.1, -0.05) is 0 Å². The van der Waals surface area contributed by atoms with E-state index in [0.29, 0.717) is 0 Å². The van der Waals surface area contributed by atoms with Crippen LogP contribution in [0, 0.1) is 0 Å². The Bertz CT molecular complexity index is 985. The number of likely N-dealkylation sites (N-methyl/N-ethyl adjacent to an activating group) is 1. The van der Waals surface area contributed by atoms with E-state index in [-0.39, 0.29) is 11.9 Å². The van der Waals surface area contributed by atoms with Crippen molar-refractivity contribution in [1.82, 2.24) is 24.8 Å². The van der Waals surface area contributed by atoms with Crippen molar-refractivity contribution < 1.29 is 4.79 Å². The van der Waals surface area contributed by atoms with Crippen LogP contribution in [0.4, 0.5) is 0 Å². The predicted octanol–water partition coefficient (Wildman–Crippen LogP) is 2.10. The van der Waals surface area contributed by atoms with Crippen LogP contribution in [0.25, 0.3) is 10.9 Å². The number of hydrogen-bond acceptors (Lipinski definition) is 3. The van der Waals surface area contributed by atoms with E-state index in [1.165, 1.54) is 16.6 Å². The van der Waals surface area contributed by atoms with E-state index < -0.39 is 0 Å². The first-order valence-electron chi connectivity index (χ1n) is 9.30. The summed E-state index contributed by atoms with van der Waals surface area (Å²) in [6.07, 6.45) is 6.62. The van der Waals surface area contributed by atoms with E-state index in [0.717, 1.165) is 55.8 Å². The summed E-state index contributed by atoms with van der Waals surface area (Å²) in [5, 5.41) is 4.38. The summed E-state index contributed by atoms with van der Waals surface area (Å²) in [4.78, 5) is 23.0. The minimum Gasteiger partial charge on any atom is -0.358 e. The fraction of sp³-hybridized carbons (Fsp3) is 0.400. The van der Waals surface area contributed by atoms with Gasteiger partial charge in [-0.2, -0.15) is 0 Å². The standard InChI is InChI=1S/C20H23N5O/c1-24-7-5-18-16(12-24)15-10-13(2-3-17(15)23-18)20(26)22-14-4-8-25-9-6-21-19(25)11-14/h2-3,6,9-10,14,23H,4-5,7-8,11-12H2,1H3,(H,22,26). The molecule has 6 heteroatoms. The van der Waals surface area contributed by atoms with Gasteiger partial charge in [0.15, 0.2) is 0 Å². The van der Waals surface area contributed by atoms with Gasteiger partial charge in [0, 0.05) is 73.1 Å². The Balaban J connectivity index is 1.39. The van der Waals surface area contributed by atoms with E-state index in [4.69, 9.17) is 0 Å². The number of carbonyl (C=O) groups excluding carboxylic acids is 1. The zero-order chi connectivity index (χ0) is 17.7. The first kappa shape index (κ1) is 15.6. The number of fused-ring (bicyclic) bond motifs is 4. The molecule has 134 valence electrons. The predicted molar refractivity (Wildman–Crippen MR) is 100 cm³/mol. The summed E-state index contributed by atoms with van der Waals surface area (Å²) in [5.74, 6) is 1.07. The number of aromatic nitrogens is 3. The van der Waals surface area contributed by atoms with Crippen molar-refractivity contribution in [2.75, 3.05) is 13.6 Å². The third kappa shape index (κ3) is 2.61. The summed E-state index contributed by atoms with van der Waals surface area (Å²) in [5.41, 5.74) is 4.51. The molecule has 0 spiro atoms. The maximum atomic E-state index is 12.8. The fourth-order valence-corrected chi connectivity index (χ4v) is 4.23. The van der Waals surface area contributed by atoms with Gasteiger partial charge in [0.1, 0.15) is 5.82 Å². The first-order chi connectivity index (χ1) is 12.7. The second-order valence-corrected chi connectivity index (χ2v) is 7.53. The smallest absolute Gasteiger partial charge is 0.251 e. The molecule has 5 rings (SSSR count). The molecular weight excluding hydrogens is 326 g/mol. The van der Waals surface area contributed by atoms with Crippen LogP contribution < -0.4 is 5.32 Å². The second-order valence-electron chi connectivity index (χ2n) is 7.53. The maximum Gasteiger partial charge on any atom is 0.251 e. The SMILES string of the molecule is CN1CCc2[nH]c3ccc(C(=O)NC4CCn5ccnc5C4)cc3c2C1. The summed E-state index contributed by atoms with van der Waals surface area (Å²) in [7, 11) is 2.14. The zero-order valence-corrected chi connectivity index (χ0v) is 15.0. The van der Waals surface area contributed by atoms with E-state index >= 15 is 0 Å². The van der Waals surface area contributed by atoms with Gasteiger partial charge in [-0.25, -0.2) is 4.98 Å². The Morgan fingerprint density at radius 3 is 3.19 bits per heavy atom. The topological polar surface area (TPSA) is 66.0 Å². The number of nitrogens with one attached hydrogen (secondary N) is 2. The molecular formula is C20H23N5O. The Kier molecular flexibility index (Phi) is 3.60. The van der Waals surface area contributed by atoms with Crippen LogP contribution in [-0.4, -0.2) is 45.0 Å². The average Bonchev–Trinajstić information content (AvgIpc) is 3.24. The largest absolute Gasteiger partial charge is 0.358 e. The summed E-state index contributed by atoms with van der Waals surface area (Å²) in [6, 6.07) is 6.16. The molecule has 2 aromatic heterocycles. The molecule has 1 aromatic carbocycles. The minimum atomic E-state index is 0.0102. The molecule has 2 N–H and O–H groups in total. The van der Waals surface area contributed by atoms with Crippen molar-refractivity contribution in [3.63, 3.8) is 0 Å². The molecule has 4 heterocycles. The lowest BCUT2D eigenvalue weighted by molar-refractivity contribution is 0.0930. The molecule has 2 aliphatic rings. The minimum absolute atomic E-state index is 0.0102. The summed E-state index contributed by atoms with van der Waals surface area (Å²) >= 11 is 0. The maximum absolute atomic E-state index is 12.8. The number of imidazole rings is 1. The molecule has 0 fully saturated rings. The molecule has 3 aromatic rings. The Morgan fingerprint density at radius 2 is 2.27 bits per heavy atom. The van der Waals surface area contributed by atoms with Crippen molar-refractivity contribution in [1.29, 1.82) is 0 Å². The third-order valence-corrected chi connectivity index (χ3v) is 5.71. The van der Waals surface area contributed by atoms with Gasteiger partial charge in [0.25, 0.3) is 5.91 Å². The van der Waals surface area contributed by atoms with Crippen LogP contribution >= 0.6 is 0 Å². The van der Waals surface area contributed by atoms with Crippen molar-refractivity contribution in [2.45, 2.75) is 38.4 Å².